The second-order valence-corrected chi connectivity index (χ2v) is 5.06. The predicted octanol–water partition coefficient (Wildman–Crippen LogP) is 4.94. The molecule has 0 radical (unpaired) electrons. The Hall–Kier alpha value is -1.06. The Morgan fingerprint density at radius 1 is 1.11 bits per heavy atom. The molecule has 0 atom stereocenters. The Balaban J connectivity index is 2.11. The van der Waals surface area contributed by atoms with Crippen LogP contribution in [0.25, 0.3) is 0 Å². The molecule has 0 saturated carbocycles. The van der Waals surface area contributed by atoms with E-state index < -0.39 is 0 Å². The van der Waals surface area contributed by atoms with Crippen LogP contribution in [-0.2, 0) is 12.4 Å². The highest BCUT2D eigenvalue weighted by Gasteiger charge is 2.04. The first-order valence-corrected chi connectivity index (χ1v) is 6.85. The zero-order valence-electron chi connectivity index (χ0n) is 9.59. The van der Waals surface area contributed by atoms with Gasteiger partial charge in [0, 0.05) is 28.1 Å². The molecule has 1 N–H and O–H groups in total. The van der Waals surface area contributed by atoms with E-state index in [1.165, 1.54) is 6.07 Å². The topological polar surface area (TPSA) is 12.0 Å². The third-order valence-electron chi connectivity index (χ3n) is 2.65. The number of rotatable bonds is 4. The van der Waals surface area contributed by atoms with E-state index in [9.17, 15) is 4.39 Å². The van der Waals surface area contributed by atoms with Crippen LogP contribution in [0.15, 0.2) is 46.9 Å². The first-order chi connectivity index (χ1) is 8.70. The van der Waals surface area contributed by atoms with Gasteiger partial charge in [0.1, 0.15) is 5.82 Å². The van der Waals surface area contributed by atoms with Gasteiger partial charge in [0.2, 0.25) is 0 Å². The SMILES string of the molecule is Fc1cc(Br)ccc1CNc1ccccc1CCl. The summed E-state index contributed by atoms with van der Waals surface area (Å²) in [6, 6.07) is 12.8. The van der Waals surface area contributed by atoms with Crippen molar-refractivity contribution in [2.45, 2.75) is 12.4 Å². The maximum absolute atomic E-state index is 13.6. The molecule has 0 unspecified atom stereocenters. The molecule has 2 aromatic rings. The fraction of sp³-hybridized carbons (Fsp3) is 0.143. The first-order valence-electron chi connectivity index (χ1n) is 5.52. The van der Waals surface area contributed by atoms with E-state index in [1.807, 2.05) is 30.3 Å². The molecule has 94 valence electrons. The van der Waals surface area contributed by atoms with E-state index in [1.54, 1.807) is 6.07 Å². The maximum Gasteiger partial charge on any atom is 0.129 e. The number of anilines is 1. The van der Waals surface area contributed by atoms with Gasteiger partial charge in [0.15, 0.2) is 0 Å². The second-order valence-electron chi connectivity index (χ2n) is 3.88. The Morgan fingerprint density at radius 2 is 1.89 bits per heavy atom. The highest BCUT2D eigenvalue weighted by atomic mass is 79.9. The summed E-state index contributed by atoms with van der Waals surface area (Å²) in [5, 5.41) is 3.20. The normalized spacial score (nSPS) is 10.4. The van der Waals surface area contributed by atoms with E-state index >= 15 is 0 Å². The van der Waals surface area contributed by atoms with Gasteiger partial charge in [-0.15, -0.1) is 11.6 Å². The van der Waals surface area contributed by atoms with Crippen LogP contribution in [0.3, 0.4) is 0 Å². The number of para-hydroxylation sites is 1. The fourth-order valence-electron chi connectivity index (χ4n) is 1.66. The quantitative estimate of drug-likeness (QED) is 0.784. The van der Waals surface area contributed by atoms with Crippen LogP contribution in [0.1, 0.15) is 11.1 Å². The highest BCUT2D eigenvalue weighted by Crippen LogP contribution is 2.20. The van der Waals surface area contributed by atoms with Crippen molar-refractivity contribution in [1.29, 1.82) is 0 Å². The molecule has 0 heterocycles. The van der Waals surface area contributed by atoms with E-state index in [-0.39, 0.29) is 5.82 Å². The summed E-state index contributed by atoms with van der Waals surface area (Å²) >= 11 is 9.08. The summed E-state index contributed by atoms with van der Waals surface area (Å²) < 4.78 is 14.4. The standard InChI is InChI=1S/C14H12BrClFN/c15-12-6-5-11(13(17)7-12)9-18-14-4-2-1-3-10(14)8-16/h1-7,18H,8-9H2. The minimum absolute atomic E-state index is 0.222. The van der Waals surface area contributed by atoms with Crippen LogP contribution in [0, 0.1) is 5.82 Å². The molecule has 0 fully saturated rings. The first kappa shape index (κ1) is 13.4. The number of nitrogens with one attached hydrogen (secondary N) is 1. The molecule has 0 bridgehead atoms. The van der Waals surface area contributed by atoms with E-state index in [0.29, 0.717) is 18.0 Å². The lowest BCUT2D eigenvalue weighted by Crippen LogP contribution is -2.03. The lowest BCUT2D eigenvalue weighted by Gasteiger charge is -2.11. The van der Waals surface area contributed by atoms with E-state index in [4.69, 9.17) is 11.6 Å². The van der Waals surface area contributed by atoms with Crippen LogP contribution in [-0.4, -0.2) is 0 Å². The molecule has 0 aliphatic carbocycles. The molecule has 0 saturated heterocycles. The third-order valence-corrected chi connectivity index (χ3v) is 3.43. The maximum atomic E-state index is 13.6. The van der Waals surface area contributed by atoms with Crippen molar-refractivity contribution in [1.82, 2.24) is 0 Å². The summed E-state index contributed by atoms with van der Waals surface area (Å²) in [4.78, 5) is 0. The summed E-state index contributed by atoms with van der Waals surface area (Å²) in [6.45, 7) is 0.438. The summed E-state index contributed by atoms with van der Waals surface area (Å²) in [6.07, 6.45) is 0. The molecule has 18 heavy (non-hydrogen) atoms. The molecule has 4 heteroatoms. The zero-order chi connectivity index (χ0) is 13.0. The Kier molecular flexibility index (Phi) is 4.61. The van der Waals surface area contributed by atoms with Crippen molar-refractivity contribution in [2.75, 3.05) is 5.32 Å². The van der Waals surface area contributed by atoms with Gasteiger partial charge >= 0.3 is 0 Å². The molecule has 0 amide bonds. The van der Waals surface area contributed by atoms with Gasteiger partial charge in [-0.05, 0) is 23.8 Å². The summed E-state index contributed by atoms with van der Waals surface area (Å²) in [5.41, 5.74) is 2.58. The average molecular weight is 329 g/mol. The van der Waals surface area contributed by atoms with Crippen molar-refractivity contribution in [2.24, 2.45) is 0 Å². The van der Waals surface area contributed by atoms with Crippen molar-refractivity contribution < 1.29 is 4.39 Å². The predicted molar refractivity (Wildman–Crippen MR) is 77.4 cm³/mol. The van der Waals surface area contributed by atoms with Crippen molar-refractivity contribution >= 4 is 33.2 Å². The second kappa shape index (κ2) is 6.21. The van der Waals surface area contributed by atoms with Gasteiger partial charge in [0.05, 0.1) is 0 Å². The minimum atomic E-state index is -0.222. The van der Waals surface area contributed by atoms with E-state index in [0.717, 1.165) is 15.7 Å². The van der Waals surface area contributed by atoms with E-state index in [2.05, 4.69) is 21.2 Å². The monoisotopic (exact) mass is 327 g/mol. The number of alkyl halides is 1. The lowest BCUT2D eigenvalue weighted by molar-refractivity contribution is 0.612. The molecule has 0 aliphatic rings. The average Bonchev–Trinajstić information content (AvgIpc) is 2.38. The van der Waals surface area contributed by atoms with Crippen molar-refractivity contribution in [3.05, 3.63) is 63.9 Å². The lowest BCUT2D eigenvalue weighted by atomic mass is 10.1. The smallest absolute Gasteiger partial charge is 0.129 e. The minimum Gasteiger partial charge on any atom is -0.381 e. The van der Waals surface area contributed by atoms with Gasteiger partial charge in [-0.25, -0.2) is 4.39 Å². The van der Waals surface area contributed by atoms with Gasteiger partial charge in [-0.1, -0.05) is 40.2 Å². The number of benzene rings is 2. The third kappa shape index (κ3) is 3.24. The highest BCUT2D eigenvalue weighted by molar-refractivity contribution is 9.10. The van der Waals surface area contributed by atoms with Crippen LogP contribution in [0.5, 0.6) is 0 Å². The fourth-order valence-corrected chi connectivity index (χ4v) is 2.23. The number of halogens is 3. The Labute approximate surface area is 119 Å². The number of hydrogen-bond acceptors (Lipinski definition) is 1. The summed E-state index contributed by atoms with van der Waals surface area (Å²) in [5.74, 6) is 0.214. The largest absolute Gasteiger partial charge is 0.381 e. The van der Waals surface area contributed by atoms with Gasteiger partial charge in [-0.3, -0.25) is 0 Å². The molecule has 0 spiro atoms. The Bertz CT molecular complexity index is 545. The molecule has 2 rings (SSSR count). The molecular formula is C14H12BrClFN. The zero-order valence-corrected chi connectivity index (χ0v) is 11.9. The van der Waals surface area contributed by atoms with Crippen LogP contribution < -0.4 is 5.32 Å². The summed E-state index contributed by atoms with van der Waals surface area (Å²) in [7, 11) is 0. The molecule has 0 aromatic heterocycles. The molecule has 0 aliphatic heterocycles. The van der Waals surface area contributed by atoms with Gasteiger partial charge in [0.25, 0.3) is 0 Å². The number of hydrogen-bond donors (Lipinski definition) is 1. The molecule has 1 nitrogen and oxygen atoms in total. The van der Waals surface area contributed by atoms with Crippen LogP contribution in [0.4, 0.5) is 10.1 Å². The van der Waals surface area contributed by atoms with Crippen molar-refractivity contribution in [3.8, 4) is 0 Å². The van der Waals surface area contributed by atoms with Crippen LogP contribution in [0.2, 0.25) is 0 Å². The Morgan fingerprint density at radius 3 is 2.61 bits per heavy atom. The van der Waals surface area contributed by atoms with Gasteiger partial charge < -0.3 is 5.32 Å². The molecular weight excluding hydrogens is 317 g/mol. The molecule has 2 aromatic carbocycles. The van der Waals surface area contributed by atoms with Gasteiger partial charge in [-0.2, -0.15) is 0 Å². The van der Waals surface area contributed by atoms with Crippen LogP contribution >= 0.6 is 27.5 Å². The van der Waals surface area contributed by atoms with Crippen molar-refractivity contribution in [3.63, 3.8) is 0 Å².